The Bertz CT molecular complexity index is 915. The van der Waals surface area contributed by atoms with Crippen molar-refractivity contribution in [3.8, 4) is 11.5 Å². The maximum atomic E-state index is 12.6. The number of ether oxygens (including phenoxy) is 1. The van der Waals surface area contributed by atoms with Gasteiger partial charge in [-0.3, -0.25) is 4.79 Å². The number of rotatable bonds is 3. The summed E-state index contributed by atoms with van der Waals surface area (Å²) < 4.78 is 5.26. The Morgan fingerprint density at radius 2 is 2.00 bits per heavy atom. The fraction of sp³-hybridized carbons (Fsp3) is 0.458. The maximum Gasteiger partial charge on any atom is 0.342 e. The summed E-state index contributed by atoms with van der Waals surface area (Å²) in [5.41, 5.74) is 0.762. The minimum absolute atomic E-state index is 0.0333. The fourth-order valence-electron chi connectivity index (χ4n) is 3.75. The number of hydrogen-bond acceptors (Lipinski definition) is 7. The lowest BCUT2D eigenvalue weighted by atomic mass is 9.99. The van der Waals surface area contributed by atoms with Crippen LogP contribution < -0.4 is 0 Å². The number of amides is 1. The van der Waals surface area contributed by atoms with Gasteiger partial charge in [0.1, 0.15) is 23.7 Å². The third-order valence-electron chi connectivity index (χ3n) is 5.43. The Morgan fingerprint density at radius 1 is 1.22 bits per heavy atom. The molecule has 0 bridgehead atoms. The zero-order chi connectivity index (χ0) is 22.9. The predicted molar refractivity (Wildman–Crippen MR) is 120 cm³/mol. The molecule has 0 saturated carbocycles. The van der Waals surface area contributed by atoms with Gasteiger partial charge in [0.2, 0.25) is 0 Å². The number of nitrogens with zero attached hydrogens (tertiary/aromatic N) is 2. The molecule has 1 atom stereocenters. The van der Waals surface area contributed by atoms with Crippen LogP contribution in [-0.2, 0) is 20.8 Å². The number of likely N-dealkylation sites (tertiary alicyclic amines) is 1. The van der Waals surface area contributed by atoms with Crippen molar-refractivity contribution in [2.45, 2.75) is 39.0 Å². The second kappa shape index (κ2) is 11.4. The highest BCUT2D eigenvalue weighted by atomic mass is 16.6. The van der Waals surface area contributed by atoms with Crippen LogP contribution in [0.1, 0.15) is 48.5 Å². The summed E-state index contributed by atoms with van der Waals surface area (Å²) in [6.07, 6.45) is 11.4. The second-order valence-corrected chi connectivity index (χ2v) is 8.12. The fourth-order valence-corrected chi connectivity index (χ4v) is 3.75. The van der Waals surface area contributed by atoms with Gasteiger partial charge < -0.3 is 24.7 Å². The first-order chi connectivity index (χ1) is 15.4. The van der Waals surface area contributed by atoms with E-state index in [-0.39, 0.29) is 48.5 Å². The van der Waals surface area contributed by atoms with Gasteiger partial charge in [0.15, 0.2) is 6.61 Å². The van der Waals surface area contributed by atoms with E-state index in [9.17, 15) is 19.8 Å². The molecule has 8 heteroatoms. The second-order valence-electron chi connectivity index (χ2n) is 8.12. The van der Waals surface area contributed by atoms with E-state index in [4.69, 9.17) is 9.57 Å². The average Bonchev–Trinajstić information content (AvgIpc) is 2.77. The SMILES string of the molecule is CC1/C=C/COC(=O)c2c(O)cc(O)cc2CC(=N\OCC(=O)N2CCCCC2)/C=C/C1. The molecule has 32 heavy (non-hydrogen) atoms. The first-order valence-corrected chi connectivity index (χ1v) is 11.0. The molecule has 0 radical (unpaired) electrons. The molecule has 1 saturated heterocycles. The molecule has 1 amide bonds. The highest BCUT2D eigenvalue weighted by molar-refractivity contribution is 6.00. The number of phenols is 2. The van der Waals surface area contributed by atoms with Crippen molar-refractivity contribution in [2.75, 3.05) is 26.3 Å². The van der Waals surface area contributed by atoms with Gasteiger partial charge in [-0.25, -0.2) is 4.79 Å². The maximum absolute atomic E-state index is 12.6. The molecule has 2 aliphatic rings. The van der Waals surface area contributed by atoms with Gasteiger partial charge in [-0.05, 0) is 49.3 Å². The smallest absolute Gasteiger partial charge is 0.342 e. The van der Waals surface area contributed by atoms with Gasteiger partial charge in [0, 0.05) is 25.6 Å². The van der Waals surface area contributed by atoms with Crippen molar-refractivity contribution in [1.82, 2.24) is 4.90 Å². The minimum atomic E-state index is -0.696. The van der Waals surface area contributed by atoms with E-state index in [0.717, 1.165) is 44.8 Å². The molecule has 8 nitrogen and oxygen atoms in total. The van der Waals surface area contributed by atoms with Crippen molar-refractivity contribution in [3.63, 3.8) is 0 Å². The van der Waals surface area contributed by atoms with Crippen molar-refractivity contribution in [1.29, 1.82) is 0 Å². The zero-order valence-electron chi connectivity index (χ0n) is 18.3. The molecule has 0 aromatic heterocycles. The third-order valence-corrected chi connectivity index (χ3v) is 5.43. The average molecular weight is 443 g/mol. The summed E-state index contributed by atoms with van der Waals surface area (Å²) in [6, 6.07) is 2.48. The molecule has 0 aliphatic carbocycles. The van der Waals surface area contributed by atoms with E-state index in [1.165, 1.54) is 6.07 Å². The lowest BCUT2D eigenvalue weighted by molar-refractivity contribution is -0.137. The minimum Gasteiger partial charge on any atom is -0.508 e. The normalized spacial score (nSPS) is 23.2. The van der Waals surface area contributed by atoms with Crippen LogP contribution in [-0.4, -0.2) is 59.0 Å². The molecule has 1 aromatic rings. The van der Waals surface area contributed by atoms with E-state index in [1.54, 1.807) is 17.1 Å². The predicted octanol–water partition coefficient (Wildman–Crippen LogP) is 3.33. The van der Waals surface area contributed by atoms with E-state index in [0.29, 0.717) is 11.3 Å². The standard InChI is InChI=1S/C24H30N2O6/c1-17-7-5-9-19(25-32-16-22(29)26-10-3-2-4-11-26)13-18-14-20(27)15-21(28)23(18)24(30)31-12-6-8-17/h5-6,8-9,14-15,17,27-28H,2-4,7,10-13,16H2,1H3/b8-6+,9-5+,25-19-. The van der Waals surface area contributed by atoms with E-state index in [1.807, 2.05) is 19.1 Å². The van der Waals surface area contributed by atoms with Crippen LogP contribution in [0.3, 0.4) is 0 Å². The van der Waals surface area contributed by atoms with Crippen LogP contribution in [0.4, 0.5) is 0 Å². The van der Waals surface area contributed by atoms with Crippen LogP contribution in [0.15, 0.2) is 41.6 Å². The highest BCUT2D eigenvalue weighted by Gasteiger charge is 2.21. The van der Waals surface area contributed by atoms with E-state index in [2.05, 4.69) is 5.16 Å². The Balaban J connectivity index is 1.83. The molecule has 1 fully saturated rings. The third kappa shape index (κ3) is 6.60. The number of cyclic esters (lactones) is 1. The molecule has 0 spiro atoms. The summed E-state index contributed by atoms with van der Waals surface area (Å²) in [5, 5.41) is 24.3. The summed E-state index contributed by atoms with van der Waals surface area (Å²) >= 11 is 0. The quantitative estimate of drug-likeness (QED) is 0.422. The van der Waals surface area contributed by atoms with Crippen molar-refractivity contribution >= 4 is 17.6 Å². The highest BCUT2D eigenvalue weighted by Crippen LogP contribution is 2.29. The summed E-state index contributed by atoms with van der Waals surface area (Å²) in [7, 11) is 0. The van der Waals surface area contributed by atoms with Gasteiger partial charge in [-0.1, -0.05) is 30.3 Å². The first kappa shape index (κ1) is 23.4. The van der Waals surface area contributed by atoms with Gasteiger partial charge >= 0.3 is 5.97 Å². The zero-order valence-corrected chi connectivity index (χ0v) is 18.3. The van der Waals surface area contributed by atoms with Crippen molar-refractivity contribution in [3.05, 3.63) is 47.6 Å². The molecular weight excluding hydrogens is 412 g/mol. The van der Waals surface area contributed by atoms with Crippen LogP contribution in [0.25, 0.3) is 0 Å². The Kier molecular flexibility index (Phi) is 8.30. The topological polar surface area (TPSA) is 109 Å². The first-order valence-electron chi connectivity index (χ1n) is 11.0. The number of esters is 1. The molecule has 1 aromatic carbocycles. The molecule has 2 N–H and O–H groups in total. The number of fused-ring (bicyclic) bond motifs is 1. The number of oxime groups is 1. The Hall–Kier alpha value is -3.29. The number of hydrogen-bond donors (Lipinski definition) is 2. The van der Waals surface area contributed by atoms with Crippen LogP contribution >= 0.6 is 0 Å². The monoisotopic (exact) mass is 442 g/mol. The molecule has 2 heterocycles. The molecular formula is C24H30N2O6. The largest absolute Gasteiger partial charge is 0.508 e. The Labute approximate surface area is 187 Å². The molecule has 1 unspecified atom stereocenters. The van der Waals surface area contributed by atoms with E-state index < -0.39 is 5.97 Å². The van der Waals surface area contributed by atoms with Gasteiger partial charge in [0.05, 0.1) is 5.71 Å². The van der Waals surface area contributed by atoms with Gasteiger partial charge in [0.25, 0.3) is 5.91 Å². The number of carbonyl (C=O) groups is 2. The van der Waals surface area contributed by atoms with Gasteiger partial charge in [-0.15, -0.1) is 0 Å². The number of benzene rings is 1. The summed E-state index contributed by atoms with van der Waals surface area (Å²) in [5.74, 6) is -1.15. The van der Waals surface area contributed by atoms with Crippen molar-refractivity contribution < 1.29 is 29.4 Å². The summed E-state index contributed by atoms with van der Waals surface area (Å²) in [6.45, 7) is 3.41. The van der Waals surface area contributed by atoms with Crippen LogP contribution in [0.2, 0.25) is 0 Å². The molecule has 2 aliphatic heterocycles. The number of allylic oxidation sites excluding steroid dienone is 3. The number of aromatic hydroxyl groups is 2. The Morgan fingerprint density at radius 3 is 2.78 bits per heavy atom. The lowest BCUT2D eigenvalue weighted by Crippen LogP contribution is -2.37. The van der Waals surface area contributed by atoms with Gasteiger partial charge in [-0.2, -0.15) is 0 Å². The molecule has 172 valence electrons. The number of phenolic OH excluding ortho intramolecular Hbond substituents is 2. The van der Waals surface area contributed by atoms with E-state index >= 15 is 0 Å². The summed E-state index contributed by atoms with van der Waals surface area (Å²) in [4.78, 5) is 32.0. The van der Waals surface area contributed by atoms with Crippen LogP contribution in [0.5, 0.6) is 11.5 Å². The molecule has 3 rings (SSSR count). The number of carbonyl (C=O) groups excluding carboxylic acids is 2. The van der Waals surface area contributed by atoms with Crippen LogP contribution in [0, 0.1) is 5.92 Å². The number of piperidine rings is 1. The van der Waals surface area contributed by atoms with Crippen molar-refractivity contribution in [2.24, 2.45) is 11.1 Å². The lowest BCUT2D eigenvalue weighted by Gasteiger charge is -2.26.